The number of carbonyl (C=O) groups excluding carboxylic acids is 1. The lowest BCUT2D eigenvalue weighted by Crippen LogP contribution is -2.45. The maximum atomic E-state index is 12.7. The molecule has 0 aliphatic carbocycles. The Labute approximate surface area is 118 Å². The lowest BCUT2D eigenvalue weighted by Gasteiger charge is -2.23. The number of hydrogen-bond acceptors (Lipinski definition) is 3. The lowest BCUT2D eigenvalue weighted by atomic mass is 10.2. The first kappa shape index (κ1) is 15.1. The number of halogens is 4. The van der Waals surface area contributed by atoms with Crippen LogP contribution in [0.1, 0.15) is 5.56 Å². The van der Waals surface area contributed by atoms with Crippen LogP contribution in [0.2, 0.25) is 5.02 Å². The molecular weight excluding hydrogens is 297 g/mol. The molecule has 1 atom stereocenters. The van der Waals surface area contributed by atoms with E-state index in [1.54, 1.807) is 0 Å². The highest BCUT2D eigenvalue weighted by molar-refractivity contribution is 6.31. The first-order valence-electron chi connectivity index (χ1n) is 5.88. The van der Waals surface area contributed by atoms with Crippen molar-refractivity contribution in [1.29, 1.82) is 0 Å². The van der Waals surface area contributed by atoms with Crippen molar-refractivity contribution in [1.82, 2.24) is 5.32 Å². The number of rotatable bonds is 2. The Hall–Kier alpha value is -1.31. The summed E-state index contributed by atoms with van der Waals surface area (Å²) in [5.74, 6) is -0.493. The standard InChI is InChI=1S/C12H12ClF3N2O2/c13-9-2-1-7(5-8(9)12(14,15)16)18-11(19)10-6-17-3-4-20-10/h1-2,5,10,17H,3-4,6H2,(H,18,19). The Morgan fingerprint density at radius 2 is 2.20 bits per heavy atom. The monoisotopic (exact) mass is 308 g/mol. The zero-order valence-electron chi connectivity index (χ0n) is 10.3. The van der Waals surface area contributed by atoms with Crippen LogP contribution in [-0.2, 0) is 15.7 Å². The van der Waals surface area contributed by atoms with Gasteiger partial charge in [-0.05, 0) is 18.2 Å². The third-order valence-electron chi connectivity index (χ3n) is 2.76. The summed E-state index contributed by atoms with van der Waals surface area (Å²) in [5.41, 5.74) is -0.958. The van der Waals surface area contributed by atoms with Crippen molar-refractivity contribution < 1.29 is 22.7 Å². The summed E-state index contributed by atoms with van der Waals surface area (Å²) in [4.78, 5) is 11.8. The van der Waals surface area contributed by atoms with Crippen LogP contribution in [0.25, 0.3) is 0 Å². The van der Waals surface area contributed by atoms with Gasteiger partial charge in [0.2, 0.25) is 0 Å². The summed E-state index contributed by atoms with van der Waals surface area (Å²) in [6, 6.07) is 3.21. The van der Waals surface area contributed by atoms with Gasteiger partial charge in [0.1, 0.15) is 6.10 Å². The zero-order valence-corrected chi connectivity index (χ0v) is 11.0. The molecule has 1 aliphatic rings. The Bertz CT molecular complexity index is 502. The molecule has 1 aromatic carbocycles. The Kier molecular flexibility index (Phi) is 4.52. The van der Waals surface area contributed by atoms with Gasteiger partial charge in [-0.15, -0.1) is 0 Å². The molecule has 110 valence electrons. The van der Waals surface area contributed by atoms with Crippen LogP contribution in [0.5, 0.6) is 0 Å². The first-order chi connectivity index (χ1) is 9.38. The average molecular weight is 309 g/mol. The van der Waals surface area contributed by atoms with Crippen LogP contribution in [0, 0.1) is 0 Å². The minimum atomic E-state index is -4.57. The molecule has 1 aromatic rings. The molecule has 1 saturated heterocycles. The van der Waals surface area contributed by atoms with Gasteiger partial charge in [0.25, 0.3) is 5.91 Å². The molecule has 1 aliphatic heterocycles. The van der Waals surface area contributed by atoms with Crippen LogP contribution < -0.4 is 10.6 Å². The number of alkyl halides is 3. The molecule has 2 rings (SSSR count). The minimum Gasteiger partial charge on any atom is -0.366 e. The lowest BCUT2D eigenvalue weighted by molar-refractivity contribution is -0.137. The van der Waals surface area contributed by atoms with Crippen molar-refractivity contribution in [3.8, 4) is 0 Å². The summed E-state index contributed by atoms with van der Waals surface area (Å²) in [7, 11) is 0. The fraction of sp³-hybridized carbons (Fsp3) is 0.417. The van der Waals surface area contributed by atoms with Crippen LogP contribution >= 0.6 is 11.6 Å². The summed E-state index contributed by atoms with van der Waals surface area (Å²) >= 11 is 5.50. The predicted octanol–water partition coefficient (Wildman–Crippen LogP) is 2.29. The van der Waals surface area contributed by atoms with E-state index in [2.05, 4.69) is 10.6 Å². The molecule has 0 bridgehead atoms. The molecule has 0 saturated carbocycles. The molecular formula is C12H12ClF3N2O2. The van der Waals surface area contributed by atoms with E-state index in [0.717, 1.165) is 12.1 Å². The first-order valence-corrected chi connectivity index (χ1v) is 6.25. The smallest absolute Gasteiger partial charge is 0.366 e. The van der Waals surface area contributed by atoms with Crippen LogP contribution in [0.4, 0.5) is 18.9 Å². The largest absolute Gasteiger partial charge is 0.417 e. The third kappa shape index (κ3) is 3.62. The molecule has 4 nitrogen and oxygen atoms in total. The van der Waals surface area contributed by atoms with Gasteiger partial charge in [-0.2, -0.15) is 13.2 Å². The molecule has 2 N–H and O–H groups in total. The van der Waals surface area contributed by atoms with E-state index in [1.807, 2.05) is 0 Å². The average Bonchev–Trinajstić information content (AvgIpc) is 2.40. The third-order valence-corrected chi connectivity index (χ3v) is 3.09. The van der Waals surface area contributed by atoms with Gasteiger partial charge in [-0.1, -0.05) is 11.6 Å². The molecule has 1 unspecified atom stereocenters. The molecule has 1 fully saturated rings. The second-order valence-corrected chi connectivity index (χ2v) is 4.65. The number of morpholine rings is 1. The predicted molar refractivity (Wildman–Crippen MR) is 67.7 cm³/mol. The zero-order chi connectivity index (χ0) is 14.8. The molecule has 0 aromatic heterocycles. The minimum absolute atomic E-state index is 0.0286. The molecule has 1 amide bonds. The second-order valence-electron chi connectivity index (χ2n) is 4.25. The number of nitrogens with one attached hydrogen (secondary N) is 2. The Morgan fingerprint density at radius 1 is 1.45 bits per heavy atom. The van der Waals surface area contributed by atoms with E-state index in [1.165, 1.54) is 6.07 Å². The van der Waals surface area contributed by atoms with Gasteiger partial charge in [0, 0.05) is 18.8 Å². The molecule has 20 heavy (non-hydrogen) atoms. The van der Waals surface area contributed by atoms with Gasteiger partial charge in [-0.25, -0.2) is 0 Å². The quantitative estimate of drug-likeness (QED) is 0.881. The number of benzene rings is 1. The fourth-order valence-electron chi connectivity index (χ4n) is 1.78. The van der Waals surface area contributed by atoms with E-state index < -0.39 is 28.8 Å². The van der Waals surface area contributed by atoms with E-state index in [0.29, 0.717) is 19.7 Å². The Morgan fingerprint density at radius 3 is 2.80 bits per heavy atom. The van der Waals surface area contributed by atoms with Gasteiger partial charge in [-0.3, -0.25) is 4.79 Å². The fourth-order valence-corrected chi connectivity index (χ4v) is 2.00. The number of hydrogen-bond donors (Lipinski definition) is 2. The van der Waals surface area contributed by atoms with Crippen molar-refractivity contribution in [2.24, 2.45) is 0 Å². The van der Waals surface area contributed by atoms with Gasteiger partial charge in [0.05, 0.1) is 17.2 Å². The van der Waals surface area contributed by atoms with E-state index in [4.69, 9.17) is 16.3 Å². The number of ether oxygens (including phenoxy) is 1. The highest BCUT2D eigenvalue weighted by atomic mass is 35.5. The molecule has 8 heteroatoms. The van der Waals surface area contributed by atoms with Crippen molar-refractivity contribution in [2.45, 2.75) is 12.3 Å². The van der Waals surface area contributed by atoms with E-state index >= 15 is 0 Å². The second kappa shape index (κ2) is 5.99. The maximum Gasteiger partial charge on any atom is 0.417 e. The van der Waals surface area contributed by atoms with Crippen molar-refractivity contribution in [3.05, 3.63) is 28.8 Å². The summed E-state index contributed by atoms with van der Waals surface area (Å²) in [6.07, 6.45) is -5.28. The van der Waals surface area contributed by atoms with Crippen molar-refractivity contribution in [2.75, 3.05) is 25.0 Å². The number of anilines is 1. The molecule has 0 spiro atoms. The Balaban J connectivity index is 2.11. The van der Waals surface area contributed by atoms with E-state index in [9.17, 15) is 18.0 Å². The van der Waals surface area contributed by atoms with Crippen molar-refractivity contribution >= 4 is 23.2 Å². The van der Waals surface area contributed by atoms with Crippen LogP contribution in [0.15, 0.2) is 18.2 Å². The number of carbonyl (C=O) groups is 1. The van der Waals surface area contributed by atoms with Crippen LogP contribution in [-0.4, -0.2) is 31.7 Å². The van der Waals surface area contributed by atoms with Crippen LogP contribution in [0.3, 0.4) is 0 Å². The van der Waals surface area contributed by atoms with Gasteiger partial charge < -0.3 is 15.4 Å². The van der Waals surface area contributed by atoms with E-state index in [-0.39, 0.29) is 5.69 Å². The SMILES string of the molecule is O=C(Nc1ccc(Cl)c(C(F)(F)F)c1)C1CNCCO1. The molecule has 0 radical (unpaired) electrons. The van der Waals surface area contributed by atoms with Gasteiger partial charge in [0.15, 0.2) is 0 Å². The highest BCUT2D eigenvalue weighted by Crippen LogP contribution is 2.36. The number of amides is 1. The highest BCUT2D eigenvalue weighted by Gasteiger charge is 2.33. The summed E-state index contributed by atoms with van der Waals surface area (Å²) in [5, 5.41) is 4.94. The normalized spacial score (nSPS) is 19.7. The molecule has 1 heterocycles. The topological polar surface area (TPSA) is 50.4 Å². The summed E-state index contributed by atoms with van der Waals surface area (Å²) < 4.78 is 43.3. The summed E-state index contributed by atoms with van der Waals surface area (Å²) in [6.45, 7) is 1.35. The van der Waals surface area contributed by atoms with Crippen molar-refractivity contribution in [3.63, 3.8) is 0 Å². The van der Waals surface area contributed by atoms with Gasteiger partial charge >= 0.3 is 6.18 Å². The maximum absolute atomic E-state index is 12.7.